The van der Waals surface area contributed by atoms with Gasteiger partial charge in [-0.25, -0.2) is 4.98 Å². The number of amides is 1. The van der Waals surface area contributed by atoms with Gasteiger partial charge >= 0.3 is 0 Å². The zero-order valence-electron chi connectivity index (χ0n) is 10.0. The smallest absolute Gasteiger partial charge is 0.227 e. The van der Waals surface area contributed by atoms with Crippen molar-refractivity contribution >= 4 is 11.6 Å². The number of aromatic nitrogens is 4. The third kappa shape index (κ3) is 2.01. The molecule has 0 saturated carbocycles. The molecule has 2 aromatic heterocycles. The van der Waals surface area contributed by atoms with Crippen molar-refractivity contribution < 1.29 is 4.79 Å². The minimum atomic E-state index is 0.133. The summed E-state index contributed by atoms with van der Waals surface area (Å²) in [5.74, 6) is 0.988. The van der Waals surface area contributed by atoms with Crippen LogP contribution in [-0.4, -0.2) is 32.6 Å². The molecule has 2 aromatic rings. The summed E-state index contributed by atoms with van der Waals surface area (Å²) in [4.78, 5) is 21.2. The van der Waals surface area contributed by atoms with Crippen LogP contribution in [0.4, 0.5) is 5.69 Å². The van der Waals surface area contributed by atoms with Gasteiger partial charge < -0.3 is 9.88 Å². The SMILES string of the molecule is O=C(CCc1ncc[nH]1)N1CCCc2[nH]ncc21. The van der Waals surface area contributed by atoms with Crippen molar-refractivity contribution in [2.45, 2.75) is 25.7 Å². The Morgan fingerprint density at radius 3 is 3.28 bits per heavy atom. The molecule has 6 nitrogen and oxygen atoms in total. The molecule has 0 aromatic carbocycles. The van der Waals surface area contributed by atoms with Crippen molar-refractivity contribution in [3.8, 4) is 0 Å². The molecule has 6 heteroatoms. The van der Waals surface area contributed by atoms with Gasteiger partial charge in [0.05, 0.1) is 17.6 Å². The molecule has 0 fully saturated rings. The van der Waals surface area contributed by atoms with E-state index in [1.54, 1.807) is 18.6 Å². The Bertz CT molecular complexity index is 530. The lowest BCUT2D eigenvalue weighted by molar-refractivity contribution is -0.118. The maximum Gasteiger partial charge on any atom is 0.227 e. The fraction of sp³-hybridized carbons (Fsp3) is 0.417. The largest absolute Gasteiger partial charge is 0.349 e. The Hall–Kier alpha value is -2.11. The molecular weight excluding hydrogens is 230 g/mol. The van der Waals surface area contributed by atoms with Crippen LogP contribution in [-0.2, 0) is 17.6 Å². The van der Waals surface area contributed by atoms with E-state index in [4.69, 9.17) is 0 Å². The third-order valence-electron chi connectivity index (χ3n) is 3.23. The lowest BCUT2D eigenvalue weighted by Crippen LogP contribution is -2.35. The van der Waals surface area contributed by atoms with Crippen molar-refractivity contribution in [2.75, 3.05) is 11.4 Å². The zero-order chi connectivity index (χ0) is 12.4. The van der Waals surface area contributed by atoms with E-state index in [9.17, 15) is 4.79 Å². The van der Waals surface area contributed by atoms with Crippen LogP contribution in [0.5, 0.6) is 0 Å². The number of carbonyl (C=O) groups is 1. The van der Waals surface area contributed by atoms with Gasteiger partial charge in [0.1, 0.15) is 5.82 Å². The van der Waals surface area contributed by atoms with E-state index in [1.165, 1.54) is 0 Å². The molecule has 94 valence electrons. The van der Waals surface area contributed by atoms with E-state index in [0.717, 1.165) is 36.6 Å². The summed E-state index contributed by atoms with van der Waals surface area (Å²) in [6.07, 6.45) is 8.29. The van der Waals surface area contributed by atoms with Gasteiger partial charge in [-0.3, -0.25) is 9.89 Å². The van der Waals surface area contributed by atoms with E-state index >= 15 is 0 Å². The first kappa shape index (κ1) is 11.0. The van der Waals surface area contributed by atoms with Crippen LogP contribution in [0.1, 0.15) is 24.4 Å². The summed E-state index contributed by atoms with van der Waals surface area (Å²) in [5.41, 5.74) is 2.00. The van der Waals surface area contributed by atoms with Crippen molar-refractivity contribution in [3.63, 3.8) is 0 Å². The average molecular weight is 245 g/mol. The topological polar surface area (TPSA) is 77.7 Å². The molecule has 0 saturated heterocycles. The van der Waals surface area contributed by atoms with E-state index in [2.05, 4.69) is 20.2 Å². The van der Waals surface area contributed by atoms with Crippen LogP contribution in [0.25, 0.3) is 0 Å². The number of rotatable bonds is 3. The highest BCUT2D eigenvalue weighted by molar-refractivity contribution is 5.94. The molecule has 0 unspecified atom stereocenters. The summed E-state index contributed by atoms with van der Waals surface area (Å²) < 4.78 is 0. The highest BCUT2D eigenvalue weighted by atomic mass is 16.2. The lowest BCUT2D eigenvalue weighted by atomic mass is 10.1. The van der Waals surface area contributed by atoms with Gasteiger partial charge in [-0.15, -0.1) is 0 Å². The summed E-state index contributed by atoms with van der Waals surface area (Å²) in [6.45, 7) is 0.781. The molecule has 2 N–H and O–H groups in total. The number of H-pyrrole nitrogens is 2. The van der Waals surface area contributed by atoms with Crippen LogP contribution in [0, 0.1) is 0 Å². The summed E-state index contributed by atoms with van der Waals surface area (Å²) in [5, 5.41) is 6.96. The van der Waals surface area contributed by atoms with Gasteiger partial charge in [0, 0.05) is 31.8 Å². The number of hydrogen-bond acceptors (Lipinski definition) is 3. The lowest BCUT2D eigenvalue weighted by Gasteiger charge is -2.26. The first-order valence-corrected chi connectivity index (χ1v) is 6.15. The number of hydrogen-bond donors (Lipinski definition) is 2. The highest BCUT2D eigenvalue weighted by Gasteiger charge is 2.23. The van der Waals surface area contributed by atoms with Gasteiger partial charge in [-0.1, -0.05) is 0 Å². The van der Waals surface area contributed by atoms with Crippen molar-refractivity contribution in [2.24, 2.45) is 0 Å². The van der Waals surface area contributed by atoms with E-state index in [-0.39, 0.29) is 5.91 Å². The van der Waals surface area contributed by atoms with E-state index < -0.39 is 0 Å². The second-order valence-corrected chi connectivity index (χ2v) is 4.42. The van der Waals surface area contributed by atoms with Gasteiger partial charge in [-0.05, 0) is 12.8 Å². The van der Waals surface area contributed by atoms with Crippen molar-refractivity contribution in [3.05, 3.63) is 30.1 Å². The van der Waals surface area contributed by atoms with Crippen LogP contribution in [0.3, 0.4) is 0 Å². The summed E-state index contributed by atoms with van der Waals surface area (Å²) >= 11 is 0. The molecule has 1 aliphatic heterocycles. The third-order valence-corrected chi connectivity index (χ3v) is 3.23. The van der Waals surface area contributed by atoms with Gasteiger partial charge in [0.25, 0.3) is 0 Å². The van der Waals surface area contributed by atoms with Crippen molar-refractivity contribution in [1.82, 2.24) is 20.2 Å². The molecule has 1 aliphatic rings. The monoisotopic (exact) mass is 245 g/mol. The number of anilines is 1. The molecule has 0 radical (unpaired) electrons. The minimum Gasteiger partial charge on any atom is -0.349 e. The van der Waals surface area contributed by atoms with E-state index in [0.29, 0.717) is 12.8 Å². The average Bonchev–Trinajstić information content (AvgIpc) is 3.05. The summed E-state index contributed by atoms with van der Waals surface area (Å²) in [7, 11) is 0. The first-order chi connectivity index (χ1) is 8.84. The number of nitrogens with zero attached hydrogens (tertiary/aromatic N) is 3. The quantitative estimate of drug-likeness (QED) is 0.848. The Labute approximate surface area is 104 Å². The Morgan fingerprint density at radius 2 is 2.44 bits per heavy atom. The predicted octanol–water partition coefficient (Wildman–Crippen LogP) is 1.04. The Balaban J connectivity index is 1.67. The van der Waals surface area contributed by atoms with E-state index in [1.807, 2.05) is 4.90 Å². The van der Waals surface area contributed by atoms with Crippen LogP contribution >= 0.6 is 0 Å². The number of fused-ring (bicyclic) bond motifs is 1. The molecular formula is C12H15N5O. The number of aromatic amines is 2. The van der Waals surface area contributed by atoms with Crippen LogP contribution in [0.2, 0.25) is 0 Å². The summed E-state index contributed by atoms with van der Waals surface area (Å²) in [6, 6.07) is 0. The van der Waals surface area contributed by atoms with Crippen LogP contribution < -0.4 is 4.90 Å². The molecule has 0 atom stereocenters. The van der Waals surface area contributed by atoms with Gasteiger partial charge in [-0.2, -0.15) is 5.10 Å². The highest BCUT2D eigenvalue weighted by Crippen LogP contribution is 2.25. The predicted molar refractivity (Wildman–Crippen MR) is 66.2 cm³/mol. The fourth-order valence-corrected chi connectivity index (χ4v) is 2.31. The maximum atomic E-state index is 12.2. The zero-order valence-corrected chi connectivity index (χ0v) is 10.0. The maximum absolute atomic E-state index is 12.2. The molecule has 0 aliphatic carbocycles. The second-order valence-electron chi connectivity index (χ2n) is 4.42. The number of imidazole rings is 1. The Kier molecular flexibility index (Phi) is 2.84. The number of nitrogens with one attached hydrogen (secondary N) is 2. The number of carbonyl (C=O) groups excluding carboxylic acids is 1. The van der Waals surface area contributed by atoms with Gasteiger partial charge in [0.2, 0.25) is 5.91 Å². The fourth-order valence-electron chi connectivity index (χ4n) is 2.31. The molecule has 0 bridgehead atoms. The second kappa shape index (κ2) is 4.64. The molecule has 3 rings (SSSR count). The normalized spacial score (nSPS) is 14.6. The molecule has 1 amide bonds. The minimum absolute atomic E-state index is 0.133. The van der Waals surface area contributed by atoms with Crippen molar-refractivity contribution in [1.29, 1.82) is 0 Å². The number of aryl methyl sites for hydroxylation is 2. The molecule has 3 heterocycles. The molecule has 18 heavy (non-hydrogen) atoms. The Morgan fingerprint density at radius 1 is 1.50 bits per heavy atom. The standard InChI is InChI=1S/C12H15N5O/c18-12(4-3-11-13-5-6-14-11)17-7-1-2-9-10(17)8-15-16-9/h5-6,8H,1-4,7H2,(H,13,14)(H,15,16). The molecule has 0 spiro atoms. The first-order valence-electron chi connectivity index (χ1n) is 6.15. The van der Waals surface area contributed by atoms with Crippen LogP contribution in [0.15, 0.2) is 18.6 Å². The van der Waals surface area contributed by atoms with Gasteiger partial charge in [0.15, 0.2) is 0 Å².